The maximum absolute atomic E-state index is 12.0. The molecule has 0 saturated heterocycles. The quantitative estimate of drug-likeness (QED) is 0.885. The van der Waals surface area contributed by atoms with Crippen molar-refractivity contribution in [2.24, 2.45) is 0 Å². The molecular formula is C13H17NO4S. The zero-order valence-electron chi connectivity index (χ0n) is 11.1. The van der Waals surface area contributed by atoms with Crippen molar-refractivity contribution in [3.8, 4) is 0 Å². The Morgan fingerprint density at radius 3 is 2.53 bits per heavy atom. The number of carbonyl (C=O) groups is 2. The van der Waals surface area contributed by atoms with Crippen LogP contribution in [0.3, 0.4) is 0 Å². The summed E-state index contributed by atoms with van der Waals surface area (Å²) in [6, 6.07) is 5.87. The Labute approximate surface area is 114 Å². The molecular weight excluding hydrogens is 266 g/mol. The van der Waals surface area contributed by atoms with Gasteiger partial charge in [-0.25, -0.2) is 4.79 Å². The molecule has 0 aliphatic rings. The van der Waals surface area contributed by atoms with Gasteiger partial charge in [0.2, 0.25) is 5.91 Å². The molecule has 1 aromatic carbocycles. The third-order valence-corrected chi connectivity index (χ3v) is 4.06. The molecule has 0 spiro atoms. The molecule has 5 nitrogen and oxygen atoms in total. The first-order chi connectivity index (χ1) is 8.82. The highest BCUT2D eigenvalue weighted by Crippen LogP contribution is 2.11. The van der Waals surface area contributed by atoms with Gasteiger partial charge in [-0.1, -0.05) is 6.07 Å². The summed E-state index contributed by atoms with van der Waals surface area (Å²) in [5.41, 5.74) is 0.0653. The number of amides is 1. The van der Waals surface area contributed by atoms with Crippen LogP contribution in [-0.4, -0.2) is 44.9 Å². The van der Waals surface area contributed by atoms with Gasteiger partial charge in [-0.2, -0.15) is 0 Å². The standard InChI is InChI=1S/C13H17NO4S/c1-9(2)14(3)12(15)8-19(18)11-6-4-5-10(7-11)13(16)17/h4-7,9H,8H2,1-3H3,(H,16,17). The van der Waals surface area contributed by atoms with Crippen molar-refractivity contribution in [1.29, 1.82) is 0 Å². The summed E-state index contributed by atoms with van der Waals surface area (Å²) in [6.45, 7) is 3.73. The van der Waals surface area contributed by atoms with E-state index < -0.39 is 16.8 Å². The van der Waals surface area contributed by atoms with Gasteiger partial charge in [-0.05, 0) is 32.0 Å². The maximum atomic E-state index is 12.0. The molecule has 104 valence electrons. The fourth-order valence-corrected chi connectivity index (χ4v) is 2.44. The highest BCUT2D eigenvalue weighted by Gasteiger charge is 2.17. The fourth-order valence-electron chi connectivity index (χ4n) is 1.36. The molecule has 0 fully saturated rings. The lowest BCUT2D eigenvalue weighted by Crippen LogP contribution is -2.36. The SMILES string of the molecule is CC(C)N(C)C(=O)CS(=O)c1cccc(C(=O)O)c1. The average Bonchev–Trinajstić information content (AvgIpc) is 2.37. The van der Waals surface area contributed by atoms with Crippen LogP contribution in [0, 0.1) is 0 Å². The molecule has 0 aliphatic heterocycles. The first-order valence-corrected chi connectivity index (χ1v) is 7.12. The van der Waals surface area contributed by atoms with Gasteiger partial charge in [0, 0.05) is 18.0 Å². The van der Waals surface area contributed by atoms with E-state index in [1.54, 1.807) is 13.1 Å². The van der Waals surface area contributed by atoms with Gasteiger partial charge in [0.1, 0.15) is 5.75 Å². The van der Waals surface area contributed by atoms with Crippen LogP contribution < -0.4 is 0 Å². The predicted octanol–water partition coefficient (Wildman–Crippen LogP) is 1.36. The van der Waals surface area contributed by atoms with Crippen molar-refractivity contribution in [3.05, 3.63) is 29.8 Å². The molecule has 0 saturated carbocycles. The van der Waals surface area contributed by atoms with Crippen molar-refractivity contribution in [2.75, 3.05) is 12.8 Å². The number of benzene rings is 1. The third kappa shape index (κ3) is 4.17. The fraction of sp³-hybridized carbons (Fsp3) is 0.385. The number of hydrogen-bond acceptors (Lipinski definition) is 3. The van der Waals surface area contributed by atoms with E-state index in [9.17, 15) is 13.8 Å². The third-order valence-electron chi connectivity index (χ3n) is 2.77. The van der Waals surface area contributed by atoms with E-state index in [1.807, 2.05) is 13.8 Å². The molecule has 1 N–H and O–H groups in total. The maximum Gasteiger partial charge on any atom is 0.335 e. The van der Waals surface area contributed by atoms with Gasteiger partial charge >= 0.3 is 5.97 Å². The molecule has 0 aliphatic carbocycles. The van der Waals surface area contributed by atoms with Crippen LogP contribution in [0.5, 0.6) is 0 Å². The smallest absolute Gasteiger partial charge is 0.335 e. The Morgan fingerprint density at radius 1 is 1.37 bits per heavy atom. The molecule has 0 radical (unpaired) electrons. The van der Waals surface area contributed by atoms with E-state index in [0.29, 0.717) is 4.90 Å². The summed E-state index contributed by atoms with van der Waals surface area (Å²) in [6.07, 6.45) is 0. The number of nitrogens with zero attached hydrogens (tertiary/aromatic N) is 1. The summed E-state index contributed by atoms with van der Waals surface area (Å²) in [4.78, 5) is 24.5. The van der Waals surface area contributed by atoms with Crippen LogP contribution in [0.2, 0.25) is 0 Å². The average molecular weight is 283 g/mol. The largest absolute Gasteiger partial charge is 0.478 e. The molecule has 0 heterocycles. The minimum Gasteiger partial charge on any atom is -0.478 e. The molecule has 6 heteroatoms. The van der Waals surface area contributed by atoms with Crippen molar-refractivity contribution >= 4 is 22.7 Å². The van der Waals surface area contributed by atoms with Crippen LogP contribution in [0.15, 0.2) is 29.2 Å². The molecule has 19 heavy (non-hydrogen) atoms. The molecule has 1 rings (SSSR count). The first-order valence-electron chi connectivity index (χ1n) is 5.80. The predicted molar refractivity (Wildman–Crippen MR) is 72.6 cm³/mol. The van der Waals surface area contributed by atoms with Gasteiger partial charge in [0.05, 0.1) is 16.4 Å². The van der Waals surface area contributed by atoms with E-state index in [2.05, 4.69) is 0 Å². The molecule has 1 atom stereocenters. The minimum atomic E-state index is -1.53. The lowest BCUT2D eigenvalue weighted by Gasteiger charge is -2.21. The van der Waals surface area contributed by atoms with Crippen LogP contribution in [0.25, 0.3) is 0 Å². The molecule has 0 aromatic heterocycles. The van der Waals surface area contributed by atoms with Gasteiger partial charge in [-0.3, -0.25) is 9.00 Å². The summed E-state index contributed by atoms with van der Waals surface area (Å²) in [5, 5.41) is 8.86. The molecule has 1 unspecified atom stereocenters. The van der Waals surface area contributed by atoms with Gasteiger partial charge in [-0.15, -0.1) is 0 Å². The number of carbonyl (C=O) groups excluding carboxylic acids is 1. The van der Waals surface area contributed by atoms with Crippen LogP contribution >= 0.6 is 0 Å². The summed E-state index contributed by atoms with van der Waals surface area (Å²) in [7, 11) is 0.119. The van der Waals surface area contributed by atoms with Crippen LogP contribution in [-0.2, 0) is 15.6 Å². The molecule has 0 bridgehead atoms. The highest BCUT2D eigenvalue weighted by molar-refractivity contribution is 7.85. The Bertz CT molecular complexity index is 513. The molecule has 1 amide bonds. The Morgan fingerprint density at radius 2 is 2.00 bits per heavy atom. The normalized spacial score (nSPS) is 12.2. The molecule has 1 aromatic rings. The minimum absolute atomic E-state index is 0.0369. The van der Waals surface area contributed by atoms with Crippen LogP contribution in [0.1, 0.15) is 24.2 Å². The zero-order chi connectivity index (χ0) is 14.6. The summed E-state index contributed by atoms with van der Waals surface area (Å²) in [5.74, 6) is -1.45. The Hall–Kier alpha value is -1.69. The van der Waals surface area contributed by atoms with Gasteiger partial charge in [0.25, 0.3) is 0 Å². The lowest BCUT2D eigenvalue weighted by molar-refractivity contribution is -0.128. The first kappa shape index (κ1) is 15.4. The van der Waals surface area contributed by atoms with E-state index in [0.717, 1.165) is 0 Å². The van der Waals surface area contributed by atoms with Crippen molar-refractivity contribution in [1.82, 2.24) is 4.90 Å². The van der Waals surface area contributed by atoms with E-state index in [-0.39, 0.29) is 23.3 Å². The van der Waals surface area contributed by atoms with Crippen LogP contribution in [0.4, 0.5) is 0 Å². The van der Waals surface area contributed by atoms with Gasteiger partial charge < -0.3 is 10.0 Å². The second kappa shape index (κ2) is 6.47. The number of carboxylic acids is 1. The number of carboxylic acid groups (broad SMARTS) is 1. The van der Waals surface area contributed by atoms with Gasteiger partial charge in [0.15, 0.2) is 0 Å². The van der Waals surface area contributed by atoms with Crippen molar-refractivity contribution in [2.45, 2.75) is 24.8 Å². The highest BCUT2D eigenvalue weighted by atomic mass is 32.2. The second-order valence-electron chi connectivity index (χ2n) is 4.42. The number of aromatic carboxylic acids is 1. The Kier molecular flexibility index (Phi) is 5.23. The summed E-state index contributed by atoms with van der Waals surface area (Å²) < 4.78 is 12.0. The van der Waals surface area contributed by atoms with Crippen molar-refractivity contribution in [3.63, 3.8) is 0 Å². The number of hydrogen-bond donors (Lipinski definition) is 1. The van der Waals surface area contributed by atoms with E-state index >= 15 is 0 Å². The van der Waals surface area contributed by atoms with Crippen molar-refractivity contribution < 1.29 is 18.9 Å². The second-order valence-corrected chi connectivity index (χ2v) is 5.87. The Balaban J connectivity index is 2.81. The van der Waals surface area contributed by atoms with E-state index in [4.69, 9.17) is 5.11 Å². The zero-order valence-corrected chi connectivity index (χ0v) is 11.9. The summed E-state index contributed by atoms with van der Waals surface area (Å²) >= 11 is 0. The lowest BCUT2D eigenvalue weighted by atomic mass is 10.2. The monoisotopic (exact) mass is 283 g/mol. The number of rotatable bonds is 5. The topological polar surface area (TPSA) is 74.7 Å². The van der Waals surface area contributed by atoms with E-state index in [1.165, 1.54) is 23.1 Å².